The topological polar surface area (TPSA) is 88.5 Å². The average molecular weight is 326 g/mol. The van der Waals surface area contributed by atoms with Gasteiger partial charge in [-0.2, -0.15) is 0 Å². The van der Waals surface area contributed by atoms with Crippen molar-refractivity contribution in [2.45, 2.75) is 64.4 Å². The molecule has 1 amide bonds. The number of thiazole rings is 1. The van der Waals surface area contributed by atoms with Crippen molar-refractivity contribution in [2.24, 2.45) is 0 Å². The molecule has 0 aromatic carbocycles. The number of aromatic nitrogens is 1. The number of hydrogen-bond donors (Lipinski definition) is 2. The molecule has 1 heterocycles. The zero-order chi connectivity index (χ0) is 16.3. The van der Waals surface area contributed by atoms with Gasteiger partial charge in [-0.25, -0.2) is 14.6 Å². The summed E-state index contributed by atoms with van der Waals surface area (Å²) in [7, 11) is 0. The van der Waals surface area contributed by atoms with Crippen LogP contribution in [0.3, 0.4) is 0 Å². The molecular weight excluding hydrogens is 304 g/mol. The Morgan fingerprint density at radius 1 is 1.27 bits per heavy atom. The molecule has 0 spiro atoms. The Labute approximate surface area is 133 Å². The molecular formula is C15H22N2O4S. The van der Waals surface area contributed by atoms with Gasteiger partial charge in [0.1, 0.15) is 10.6 Å². The van der Waals surface area contributed by atoms with Crippen molar-refractivity contribution in [3.05, 3.63) is 10.7 Å². The summed E-state index contributed by atoms with van der Waals surface area (Å²) in [6, 6.07) is 0. The van der Waals surface area contributed by atoms with Crippen molar-refractivity contribution in [2.75, 3.05) is 5.32 Å². The minimum absolute atomic E-state index is 0.101. The highest BCUT2D eigenvalue weighted by Gasteiger charge is 2.26. The first-order chi connectivity index (χ1) is 10.3. The van der Waals surface area contributed by atoms with Crippen LogP contribution in [0.1, 0.15) is 74.3 Å². The lowest BCUT2D eigenvalue weighted by Gasteiger charge is -2.19. The van der Waals surface area contributed by atoms with Crippen LogP contribution in [0.2, 0.25) is 0 Å². The van der Waals surface area contributed by atoms with Crippen LogP contribution in [-0.4, -0.2) is 27.8 Å². The molecule has 1 aliphatic carbocycles. The van der Waals surface area contributed by atoms with E-state index in [9.17, 15) is 14.7 Å². The van der Waals surface area contributed by atoms with Gasteiger partial charge in [0.15, 0.2) is 5.69 Å². The summed E-state index contributed by atoms with van der Waals surface area (Å²) in [5, 5.41) is 12.8. The van der Waals surface area contributed by atoms with Gasteiger partial charge in [0.05, 0.1) is 5.01 Å². The van der Waals surface area contributed by atoms with Crippen molar-refractivity contribution < 1.29 is 19.4 Å². The zero-order valence-electron chi connectivity index (χ0n) is 13.1. The van der Waals surface area contributed by atoms with E-state index in [1.807, 2.05) is 0 Å². The minimum Gasteiger partial charge on any atom is -0.476 e. The van der Waals surface area contributed by atoms with Gasteiger partial charge in [-0.1, -0.05) is 30.6 Å². The average Bonchev–Trinajstić information content (AvgIpc) is 2.81. The summed E-state index contributed by atoms with van der Waals surface area (Å²) in [5.41, 5.74) is -0.735. The second-order valence-electron chi connectivity index (χ2n) is 6.50. The fourth-order valence-corrected chi connectivity index (χ4v) is 3.60. The molecule has 1 aliphatic rings. The van der Waals surface area contributed by atoms with E-state index in [2.05, 4.69) is 10.3 Å². The number of anilines is 1. The van der Waals surface area contributed by atoms with Gasteiger partial charge in [-0.3, -0.25) is 5.32 Å². The minimum atomic E-state index is -1.13. The maximum absolute atomic E-state index is 11.8. The first-order valence-electron chi connectivity index (χ1n) is 7.50. The number of carbonyl (C=O) groups is 2. The molecule has 1 aromatic heterocycles. The van der Waals surface area contributed by atoms with Gasteiger partial charge in [-0.15, -0.1) is 0 Å². The fraction of sp³-hybridized carbons (Fsp3) is 0.667. The summed E-state index contributed by atoms with van der Waals surface area (Å²) in [6.07, 6.45) is 4.89. The van der Waals surface area contributed by atoms with Crippen molar-refractivity contribution >= 4 is 28.4 Å². The number of nitrogens with zero attached hydrogens (tertiary/aromatic N) is 1. The fourth-order valence-electron chi connectivity index (χ4n) is 2.49. The largest absolute Gasteiger partial charge is 0.476 e. The van der Waals surface area contributed by atoms with Crippen LogP contribution in [0, 0.1) is 0 Å². The summed E-state index contributed by atoms with van der Waals surface area (Å²) in [5.74, 6) is -0.838. The summed E-state index contributed by atoms with van der Waals surface area (Å²) in [4.78, 5) is 27.4. The molecule has 0 aliphatic heterocycles. The Morgan fingerprint density at radius 3 is 2.45 bits per heavy atom. The van der Waals surface area contributed by atoms with Crippen molar-refractivity contribution in [1.29, 1.82) is 0 Å². The Hall–Kier alpha value is -1.63. The predicted octanol–water partition coefficient (Wildman–Crippen LogP) is 4.24. The second-order valence-corrected chi connectivity index (χ2v) is 7.53. The predicted molar refractivity (Wildman–Crippen MR) is 84.8 cm³/mol. The molecule has 0 bridgehead atoms. The number of carboxylic acid groups (broad SMARTS) is 1. The number of rotatable bonds is 3. The van der Waals surface area contributed by atoms with E-state index in [0.717, 1.165) is 30.7 Å². The molecule has 0 radical (unpaired) electrons. The van der Waals surface area contributed by atoms with Gasteiger partial charge < -0.3 is 9.84 Å². The summed E-state index contributed by atoms with van der Waals surface area (Å²) < 4.78 is 5.17. The number of amides is 1. The van der Waals surface area contributed by atoms with E-state index in [-0.39, 0.29) is 10.7 Å². The van der Waals surface area contributed by atoms with Crippen LogP contribution in [0.5, 0.6) is 0 Å². The number of ether oxygens (including phenoxy) is 1. The number of nitrogens with one attached hydrogen (secondary N) is 1. The normalized spacial score (nSPS) is 16.3. The van der Waals surface area contributed by atoms with Gasteiger partial charge in [0.2, 0.25) is 0 Å². The molecule has 22 heavy (non-hydrogen) atoms. The van der Waals surface area contributed by atoms with E-state index in [1.54, 1.807) is 20.8 Å². The SMILES string of the molecule is CC(C)(C)OC(=O)Nc1sc(C2CCCCC2)nc1C(=O)O. The van der Waals surface area contributed by atoms with Crippen LogP contribution >= 0.6 is 11.3 Å². The first-order valence-corrected chi connectivity index (χ1v) is 8.32. The van der Waals surface area contributed by atoms with Crippen LogP contribution in [-0.2, 0) is 4.74 Å². The third-order valence-corrected chi connectivity index (χ3v) is 4.55. The van der Waals surface area contributed by atoms with Crippen LogP contribution in [0.15, 0.2) is 0 Å². The van der Waals surface area contributed by atoms with E-state index in [1.165, 1.54) is 17.8 Å². The molecule has 1 fully saturated rings. The summed E-state index contributed by atoms with van der Waals surface area (Å²) >= 11 is 1.24. The third kappa shape index (κ3) is 4.43. The van der Waals surface area contributed by atoms with Crippen LogP contribution in [0.25, 0.3) is 0 Å². The smallest absolute Gasteiger partial charge is 0.412 e. The molecule has 122 valence electrons. The van der Waals surface area contributed by atoms with Gasteiger partial charge in [0, 0.05) is 5.92 Å². The Kier molecular flexibility index (Phi) is 5.05. The molecule has 6 nitrogen and oxygen atoms in total. The molecule has 2 rings (SSSR count). The molecule has 7 heteroatoms. The number of carbonyl (C=O) groups excluding carboxylic acids is 1. The maximum Gasteiger partial charge on any atom is 0.412 e. The van der Waals surface area contributed by atoms with E-state index < -0.39 is 17.7 Å². The number of aromatic carboxylic acids is 1. The van der Waals surface area contributed by atoms with Crippen molar-refractivity contribution in [1.82, 2.24) is 4.98 Å². The zero-order valence-corrected chi connectivity index (χ0v) is 14.0. The summed E-state index contributed by atoms with van der Waals surface area (Å²) in [6.45, 7) is 5.26. The van der Waals surface area contributed by atoms with Gasteiger partial charge in [0.25, 0.3) is 0 Å². The Balaban J connectivity index is 2.16. The van der Waals surface area contributed by atoms with E-state index in [4.69, 9.17) is 4.74 Å². The van der Waals surface area contributed by atoms with Crippen LogP contribution < -0.4 is 5.32 Å². The van der Waals surface area contributed by atoms with Gasteiger partial charge in [-0.05, 0) is 33.6 Å². The van der Waals surface area contributed by atoms with Crippen molar-refractivity contribution in [3.8, 4) is 0 Å². The lowest BCUT2D eigenvalue weighted by atomic mass is 9.90. The number of carboxylic acids is 1. The number of hydrogen-bond acceptors (Lipinski definition) is 5. The Morgan fingerprint density at radius 2 is 1.91 bits per heavy atom. The molecule has 0 unspecified atom stereocenters. The highest BCUT2D eigenvalue weighted by Crippen LogP contribution is 2.38. The molecule has 1 saturated carbocycles. The molecule has 1 aromatic rings. The van der Waals surface area contributed by atoms with E-state index >= 15 is 0 Å². The molecule has 0 atom stereocenters. The standard InChI is InChI=1S/C15H22N2O4S/c1-15(2,3)21-14(20)17-12-10(13(18)19)16-11(22-12)9-7-5-4-6-8-9/h9H,4-8H2,1-3H3,(H,17,20)(H,18,19). The molecule has 0 saturated heterocycles. The van der Waals surface area contributed by atoms with Crippen molar-refractivity contribution in [3.63, 3.8) is 0 Å². The third-order valence-electron chi connectivity index (χ3n) is 3.42. The maximum atomic E-state index is 11.8. The first kappa shape index (κ1) is 16.7. The highest BCUT2D eigenvalue weighted by molar-refractivity contribution is 7.16. The quantitative estimate of drug-likeness (QED) is 0.867. The van der Waals surface area contributed by atoms with Gasteiger partial charge >= 0.3 is 12.1 Å². The monoisotopic (exact) mass is 326 g/mol. The van der Waals surface area contributed by atoms with Crippen LogP contribution in [0.4, 0.5) is 9.80 Å². The lowest BCUT2D eigenvalue weighted by molar-refractivity contribution is 0.0636. The highest BCUT2D eigenvalue weighted by atomic mass is 32.1. The Bertz CT molecular complexity index is 556. The lowest BCUT2D eigenvalue weighted by Crippen LogP contribution is -2.27. The second kappa shape index (κ2) is 6.64. The molecule has 2 N–H and O–H groups in total. The van der Waals surface area contributed by atoms with E-state index in [0.29, 0.717) is 5.92 Å².